The van der Waals surface area contributed by atoms with Crippen LogP contribution in [0.2, 0.25) is 0 Å². The number of benzene rings is 1. The molecule has 1 aromatic carbocycles. The summed E-state index contributed by atoms with van der Waals surface area (Å²) >= 11 is 0. The van der Waals surface area contributed by atoms with E-state index in [9.17, 15) is 8.78 Å². The number of halogens is 2. The van der Waals surface area contributed by atoms with Crippen LogP contribution in [-0.4, -0.2) is 36.1 Å². The van der Waals surface area contributed by atoms with Crippen molar-refractivity contribution in [2.45, 2.75) is 32.0 Å². The largest absolute Gasteiger partial charge is 0.364 e. The highest BCUT2D eigenvalue weighted by Gasteiger charge is 2.26. The molecule has 1 fully saturated rings. The molecule has 0 unspecified atom stereocenters. The van der Waals surface area contributed by atoms with Gasteiger partial charge in [0.1, 0.15) is 17.7 Å². The van der Waals surface area contributed by atoms with E-state index in [-0.39, 0.29) is 11.9 Å². The van der Waals surface area contributed by atoms with Crippen LogP contribution in [0.15, 0.2) is 36.5 Å². The molecule has 0 saturated carbocycles. The zero-order chi connectivity index (χ0) is 17.1. The number of pyridine rings is 1. The molecule has 0 N–H and O–H groups in total. The molecule has 0 aliphatic carbocycles. The van der Waals surface area contributed by atoms with Crippen LogP contribution >= 0.6 is 0 Å². The molecule has 2 aromatic rings. The number of ether oxygens (including phenoxy) is 1. The predicted octanol–water partition coefficient (Wildman–Crippen LogP) is 3.87. The maximum Gasteiger partial charge on any atom is 0.141 e. The third kappa shape index (κ3) is 3.97. The second kappa shape index (κ2) is 7.36. The van der Waals surface area contributed by atoms with Crippen LogP contribution < -0.4 is 0 Å². The summed E-state index contributed by atoms with van der Waals surface area (Å²) in [4.78, 5) is 6.37. The molecule has 3 rings (SSSR count). The first kappa shape index (κ1) is 17.0. The molecule has 1 aliphatic rings. The van der Waals surface area contributed by atoms with Gasteiger partial charge >= 0.3 is 0 Å². The van der Waals surface area contributed by atoms with E-state index in [1.54, 1.807) is 12.1 Å². The topological polar surface area (TPSA) is 25.4 Å². The fourth-order valence-electron chi connectivity index (χ4n) is 3.00. The van der Waals surface area contributed by atoms with Crippen molar-refractivity contribution in [1.29, 1.82) is 0 Å². The average molecular weight is 332 g/mol. The first-order chi connectivity index (χ1) is 11.5. The van der Waals surface area contributed by atoms with Gasteiger partial charge in [0, 0.05) is 18.7 Å². The van der Waals surface area contributed by atoms with Crippen molar-refractivity contribution in [2.24, 2.45) is 0 Å². The molecule has 3 nitrogen and oxygen atoms in total. The summed E-state index contributed by atoms with van der Waals surface area (Å²) in [6, 6.07) is 7.97. The Bertz CT molecular complexity index is 682. The lowest BCUT2D eigenvalue weighted by Crippen LogP contribution is -2.35. The van der Waals surface area contributed by atoms with Crippen molar-refractivity contribution >= 4 is 0 Å². The number of rotatable bonds is 4. The van der Waals surface area contributed by atoms with Crippen LogP contribution in [-0.2, 0) is 4.74 Å². The Morgan fingerprint density at radius 2 is 1.92 bits per heavy atom. The molecule has 1 aliphatic heterocycles. The minimum Gasteiger partial charge on any atom is -0.364 e. The van der Waals surface area contributed by atoms with Crippen LogP contribution in [0.1, 0.15) is 35.8 Å². The van der Waals surface area contributed by atoms with Gasteiger partial charge in [-0.3, -0.25) is 4.98 Å². The van der Waals surface area contributed by atoms with Crippen molar-refractivity contribution in [3.8, 4) is 0 Å². The van der Waals surface area contributed by atoms with Gasteiger partial charge < -0.3 is 9.64 Å². The Hall–Kier alpha value is -1.85. The lowest BCUT2D eigenvalue weighted by atomic mass is 10.0. The van der Waals surface area contributed by atoms with E-state index in [4.69, 9.17) is 4.74 Å². The highest BCUT2D eigenvalue weighted by molar-refractivity contribution is 5.30. The Balaban J connectivity index is 1.89. The molecule has 24 heavy (non-hydrogen) atoms. The highest BCUT2D eigenvalue weighted by Crippen LogP contribution is 2.31. The minimum absolute atomic E-state index is 0.0405. The lowest BCUT2D eigenvalue weighted by Gasteiger charge is -2.32. The quantitative estimate of drug-likeness (QED) is 0.850. The van der Waals surface area contributed by atoms with E-state index in [0.29, 0.717) is 11.3 Å². The maximum absolute atomic E-state index is 14.5. The summed E-state index contributed by atoms with van der Waals surface area (Å²) in [5.74, 6) is -0.736. The summed E-state index contributed by atoms with van der Waals surface area (Å²) in [6.07, 6.45) is 2.34. The van der Waals surface area contributed by atoms with Crippen LogP contribution in [0.4, 0.5) is 8.78 Å². The highest BCUT2D eigenvalue weighted by atomic mass is 19.1. The summed E-state index contributed by atoms with van der Waals surface area (Å²) in [5.41, 5.74) is 1.82. The summed E-state index contributed by atoms with van der Waals surface area (Å²) in [6.45, 7) is 3.74. The van der Waals surface area contributed by atoms with Gasteiger partial charge in [-0.25, -0.2) is 8.78 Å². The fourth-order valence-corrected chi connectivity index (χ4v) is 3.00. The number of nitrogens with zero attached hydrogens (tertiary/aromatic N) is 2. The van der Waals surface area contributed by atoms with E-state index in [1.165, 1.54) is 12.1 Å². The van der Waals surface area contributed by atoms with E-state index in [1.807, 2.05) is 13.0 Å². The van der Waals surface area contributed by atoms with Crippen LogP contribution in [0.3, 0.4) is 0 Å². The SMILES string of the molecule is Cc1ccc([C@@H](OC2CCN(C)CC2)c2ccc(F)cn2)c(F)c1. The predicted molar refractivity (Wildman–Crippen MR) is 88.8 cm³/mol. The smallest absolute Gasteiger partial charge is 0.141 e. The molecule has 0 bridgehead atoms. The zero-order valence-electron chi connectivity index (χ0n) is 14.0. The standard InChI is InChI=1S/C19H22F2N2O/c1-13-3-5-16(17(21)11-13)19(18-6-4-14(20)12-22-18)24-15-7-9-23(2)10-8-15/h3-6,11-12,15,19H,7-10H2,1-2H3/t19-/m1/s1. The molecule has 0 spiro atoms. The molecular weight excluding hydrogens is 310 g/mol. The Kier molecular flexibility index (Phi) is 5.21. The van der Waals surface area contributed by atoms with Crippen molar-refractivity contribution in [3.05, 3.63) is 65.0 Å². The number of aromatic nitrogens is 1. The van der Waals surface area contributed by atoms with Crippen LogP contribution in [0.25, 0.3) is 0 Å². The molecule has 0 radical (unpaired) electrons. The van der Waals surface area contributed by atoms with Crippen molar-refractivity contribution in [1.82, 2.24) is 9.88 Å². The first-order valence-electron chi connectivity index (χ1n) is 8.24. The third-order valence-corrected chi connectivity index (χ3v) is 4.45. The summed E-state index contributed by atoms with van der Waals surface area (Å²) in [7, 11) is 2.08. The van der Waals surface area contributed by atoms with Gasteiger partial charge in [0.2, 0.25) is 0 Å². The molecule has 5 heteroatoms. The van der Waals surface area contributed by atoms with E-state index >= 15 is 0 Å². The number of piperidine rings is 1. The zero-order valence-corrected chi connectivity index (χ0v) is 14.0. The van der Waals surface area contributed by atoms with Gasteiger partial charge in [0.05, 0.1) is 18.0 Å². The number of hydrogen-bond acceptors (Lipinski definition) is 3. The molecule has 1 atom stereocenters. The van der Waals surface area contributed by atoms with Crippen molar-refractivity contribution in [3.63, 3.8) is 0 Å². The van der Waals surface area contributed by atoms with Crippen molar-refractivity contribution in [2.75, 3.05) is 20.1 Å². The summed E-state index contributed by atoms with van der Waals surface area (Å²) in [5, 5.41) is 0. The van der Waals surface area contributed by atoms with Crippen LogP contribution in [0.5, 0.6) is 0 Å². The Morgan fingerprint density at radius 1 is 1.17 bits per heavy atom. The van der Waals surface area contributed by atoms with Gasteiger partial charge in [-0.1, -0.05) is 12.1 Å². The minimum atomic E-state index is -0.625. The van der Waals surface area contributed by atoms with Gasteiger partial charge in [0.15, 0.2) is 0 Å². The molecule has 1 saturated heterocycles. The molecule has 0 amide bonds. The van der Waals surface area contributed by atoms with E-state index in [0.717, 1.165) is 37.7 Å². The Morgan fingerprint density at radius 3 is 2.54 bits per heavy atom. The van der Waals surface area contributed by atoms with Crippen LogP contribution in [0, 0.1) is 18.6 Å². The number of hydrogen-bond donors (Lipinski definition) is 0. The lowest BCUT2D eigenvalue weighted by molar-refractivity contribution is -0.0263. The van der Waals surface area contributed by atoms with E-state index in [2.05, 4.69) is 16.9 Å². The monoisotopic (exact) mass is 332 g/mol. The normalized spacial score (nSPS) is 17.8. The van der Waals surface area contributed by atoms with Crippen molar-refractivity contribution < 1.29 is 13.5 Å². The fraction of sp³-hybridized carbons (Fsp3) is 0.421. The van der Waals surface area contributed by atoms with Gasteiger partial charge in [0.25, 0.3) is 0 Å². The summed E-state index contributed by atoms with van der Waals surface area (Å²) < 4.78 is 33.9. The maximum atomic E-state index is 14.5. The van der Waals surface area contributed by atoms with Gasteiger partial charge in [-0.15, -0.1) is 0 Å². The number of aryl methyl sites for hydroxylation is 1. The average Bonchev–Trinajstić information content (AvgIpc) is 2.56. The second-order valence-electron chi connectivity index (χ2n) is 6.45. The van der Waals surface area contributed by atoms with Gasteiger partial charge in [-0.2, -0.15) is 0 Å². The number of likely N-dealkylation sites (tertiary alicyclic amines) is 1. The van der Waals surface area contributed by atoms with Gasteiger partial charge in [-0.05, 0) is 50.6 Å². The first-order valence-corrected chi connectivity index (χ1v) is 8.24. The second-order valence-corrected chi connectivity index (χ2v) is 6.45. The van der Waals surface area contributed by atoms with E-state index < -0.39 is 11.9 Å². The molecule has 2 heterocycles. The third-order valence-electron chi connectivity index (χ3n) is 4.45. The Labute approximate surface area is 141 Å². The molecule has 1 aromatic heterocycles. The molecule has 128 valence electrons. The molecular formula is C19H22F2N2O.